The molecule has 0 aliphatic carbocycles. The normalized spacial score (nSPS) is 10.9. The van der Waals surface area contributed by atoms with Crippen molar-refractivity contribution in [3.8, 4) is 0 Å². The lowest BCUT2D eigenvalue weighted by Crippen LogP contribution is -2.13. The second kappa shape index (κ2) is 6.46. The van der Waals surface area contributed by atoms with Gasteiger partial charge in [-0.3, -0.25) is 4.79 Å². The first kappa shape index (κ1) is 15.6. The molecule has 1 heterocycles. The maximum atomic E-state index is 13.2. The zero-order valence-corrected chi connectivity index (χ0v) is 13.7. The van der Waals surface area contributed by atoms with E-state index in [1.165, 1.54) is 12.1 Å². The Morgan fingerprint density at radius 2 is 2.04 bits per heavy atom. The van der Waals surface area contributed by atoms with Crippen LogP contribution in [-0.4, -0.2) is 12.2 Å². The van der Waals surface area contributed by atoms with Gasteiger partial charge in [-0.2, -0.15) is 11.8 Å². The molecule has 0 radical (unpaired) electrons. The summed E-state index contributed by atoms with van der Waals surface area (Å²) >= 11 is 1.63. The highest BCUT2D eigenvalue weighted by Crippen LogP contribution is 2.29. The minimum atomic E-state index is -0.327. The number of furan rings is 1. The Kier molecular flexibility index (Phi) is 4.39. The Labute approximate surface area is 137 Å². The number of amides is 1. The third-order valence-electron chi connectivity index (χ3n) is 3.63. The van der Waals surface area contributed by atoms with Crippen LogP contribution in [0.2, 0.25) is 0 Å². The molecule has 1 N–H and O–H groups in total. The van der Waals surface area contributed by atoms with Crippen molar-refractivity contribution in [1.29, 1.82) is 0 Å². The van der Waals surface area contributed by atoms with Crippen LogP contribution in [-0.2, 0) is 5.75 Å². The summed E-state index contributed by atoms with van der Waals surface area (Å²) in [6.45, 7) is 1.75. The average Bonchev–Trinajstić information content (AvgIpc) is 2.90. The highest BCUT2D eigenvalue weighted by atomic mass is 32.2. The first-order valence-electron chi connectivity index (χ1n) is 7.17. The van der Waals surface area contributed by atoms with E-state index in [-0.39, 0.29) is 11.7 Å². The van der Waals surface area contributed by atoms with E-state index in [0.717, 1.165) is 10.9 Å². The van der Waals surface area contributed by atoms with Gasteiger partial charge >= 0.3 is 0 Å². The van der Waals surface area contributed by atoms with Crippen molar-refractivity contribution >= 4 is 34.3 Å². The summed E-state index contributed by atoms with van der Waals surface area (Å²) in [7, 11) is 0. The smallest absolute Gasteiger partial charge is 0.291 e. The summed E-state index contributed by atoms with van der Waals surface area (Å²) < 4.78 is 18.9. The van der Waals surface area contributed by atoms with Gasteiger partial charge in [0.05, 0.1) is 0 Å². The van der Waals surface area contributed by atoms with E-state index in [1.807, 2.05) is 30.5 Å². The molecule has 0 unspecified atom stereocenters. The lowest BCUT2D eigenvalue weighted by Gasteiger charge is -2.08. The van der Waals surface area contributed by atoms with Crippen LogP contribution < -0.4 is 5.32 Å². The number of para-hydroxylation sites is 1. The number of carbonyl (C=O) groups excluding carboxylic acids is 1. The lowest BCUT2D eigenvalue weighted by molar-refractivity contribution is 0.0997. The van der Waals surface area contributed by atoms with Gasteiger partial charge in [0.15, 0.2) is 5.76 Å². The summed E-state index contributed by atoms with van der Waals surface area (Å²) in [5.41, 5.74) is 2.82. The van der Waals surface area contributed by atoms with Crippen LogP contribution >= 0.6 is 11.8 Å². The number of nitrogens with one attached hydrogen (secondary N) is 1. The van der Waals surface area contributed by atoms with Crippen molar-refractivity contribution in [3.63, 3.8) is 0 Å². The molecule has 23 heavy (non-hydrogen) atoms. The Balaban J connectivity index is 1.98. The number of fused-ring (bicyclic) bond motifs is 1. The van der Waals surface area contributed by atoms with Crippen LogP contribution in [0.25, 0.3) is 11.0 Å². The van der Waals surface area contributed by atoms with E-state index in [1.54, 1.807) is 24.8 Å². The fraction of sp³-hybridized carbons (Fsp3) is 0.167. The molecular weight excluding hydrogens is 313 g/mol. The Bertz CT molecular complexity index is 873. The molecule has 2 aromatic carbocycles. The summed E-state index contributed by atoms with van der Waals surface area (Å²) in [4.78, 5) is 12.6. The van der Waals surface area contributed by atoms with Crippen LogP contribution in [0.4, 0.5) is 10.1 Å². The summed E-state index contributed by atoms with van der Waals surface area (Å²) in [5.74, 6) is 0.346. The number of thioether (sulfide) groups is 1. The van der Waals surface area contributed by atoms with Gasteiger partial charge in [0.25, 0.3) is 5.91 Å². The largest absolute Gasteiger partial charge is 0.451 e. The average molecular weight is 329 g/mol. The standard InChI is InChI=1S/C18H16FNO2S/c1-11-9-12(19)7-8-15(11)20-18(21)17-14(10-23-2)13-5-3-4-6-16(13)22-17/h3-9H,10H2,1-2H3,(H,20,21). The summed E-state index contributed by atoms with van der Waals surface area (Å²) in [6, 6.07) is 11.9. The topological polar surface area (TPSA) is 42.2 Å². The van der Waals surface area contributed by atoms with E-state index in [9.17, 15) is 9.18 Å². The molecule has 0 aliphatic rings. The second-order valence-electron chi connectivity index (χ2n) is 5.25. The molecule has 5 heteroatoms. The molecule has 3 rings (SSSR count). The van der Waals surface area contributed by atoms with E-state index in [2.05, 4.69) is 5.32 Å². The minimum absolute atomic E-state index is 0.310. The molecular formula is C18H16FNO2S. The highest BCUT2D eigenvalue weighted by molar-refractivity contribution is 7.97. The van der Waals surface area contributed by atoms with Crippen molar-refractivity contribution in [3.05, 3.63) is 65.2 Å². The number of benzene rings is 2. The van der Waals surface area contributed by atoms with E-state index in [4.69, 9.17) is 4.42 Å². The Morgan fingerprint density at radius 3 is 2.78 bits per heavy atom. The summed E-state index contributed by atoms with van der Waals surface area (Å²) in [6.07, 6.45) is 1.98. The Hall–Kier alpha value is -2.27. The number of halogens is 1. The zero-order valence-electron chi connectivity index (χ0n) is 12.9. The van der Waals surface area contributed by atoms with Crippen LogP contribution in [0.5, 0.6) is 0 Å². The predicted octanol–water partition coefficient (Wildman–Crippen LogP) is 5.00. The number of carbonyl (C=O) groups is 1. The first-order chi connectivity index (χ1) is 11.1. The van der Waals surface area contributed by atoms with Crippen LogP contribution in [0, 0.1) is 12.7 Å². The highest BCUT2D eigenvalue weighted by Gasteiger charge is 2.20. The van der Waals surface area contributed by atoms with Gasteiger partial charge in [-0.25, -0.2) is 4.39 Å². The molecule has 0 bridgehead atoms. The molecule has 0 aliphatic heterocycles. The van der Waals surface area contributed by atoms with Gasteiger partial charge in [-0.1, -0.05) is 18.2 Å². The van der Waals surface area contributed by atoms with Gasteiger partial charge in [-0.15, -0.1) is 0 Å². The molecule has 1 amide bonds. The number of hydrogen-bond donors (Lipinski definition) is 1. The fourth-order valence-electron chi connectivity index (χ4n) is 2.52. The van der Waals surface area contributed by atoms with E-state index >= 15 is 0 Å². The van der Waals surface area contributed by atoms with Gasteiger partial charge in [0.1, 0.15) is 11.4 Å². The van der Waals surface area contributed by atoms with Crippen LogP contribution in [0.15, 0.2) is 46.9 Å². The van der Waals surface area contributed by atoms with Crippen molar-refractivity contribution in [2.45, 2.75) is 12.7 Å². The number of aryl methyl sites for hydroxylation is 1. The Morgan fingerprint density at radius 1 is 1.26 bits per heavy atom. The molecule has 0 saturated carbocycles. The SMILES string of the molecule is CSCc1c(C(=O)Nc2ccc(F)cc2C)oc2ccccc12. The van der Waals surface area contributed by atoms with Crippen molar-refractivity contribution < 1.29 is 13.6 Å². The quantitative estimate of drug-likeness (QED) is 0.733. The molecule has 0 fully saturated rings. The van der Waals surface area contributed by atoms with Gasteiger partial charge in [-0.05, 0) is 43.0 Å². The number of hydrogen-bond acceptors (Lipinski definition) is 3. The molecule has 3 nitrogen and oxygen atoms in total. The fourth-order valence-corrected chi connectivity index (χ4v) is 3.09. The predicted molar refractivity (Wildman–Crippen MR) is 92.5 cm³/mol. The van der Waals surface area contributed by atoms with E-state index in [0.29, 0.717) is 28.3 Å². The molecule has 0 atom stereocenters. The van der Waals surface area contributed by atoms with E-state index < -0.39 is 0 Å². The summed E-state index contributed by atoms with van der Waals surface area (Å²) in [5, 5.41) is 3.75. The number of rotatable bonds is 4. The number of anilines is 1. The van der Waals surface area contributed by atoms with Gasteiger partial charge in [0.2, 0.25) is 0 Å². The van der Waals surface area contributed by atoms with Gasteiger partial charge < -0.3 is 9.73 Å². The van der Waals surface area contributed by atoms with Crippen LogP contribution in [0.3, 0.4) is 0 Å². The van der Waals surface area contributed by atoms with Crippen molar-refractivity contribution in [1.82, 2.24) is 0 Å². The van der Waals surface area contributed by atoms with Crippen LogP contribution in [0.1, 0.15) is 21.7 Å². The molecule has 0 spiro atoms. The van der Waals surface area contributed by atoms with Gasteiger partial charge in [0, 0.05) is 22.4 Å². The first-order valence-corrected chi connectivity index (χ1v) is 8.56. The maximum Gasteiger partial charge on any atom is 0.291 e. The molecule has 118 valence electrons. The molecule has 1 aromatic heterocycles. The molecule has 3 aromatic rings. The minimum Gasteiger partial charge on any atom is -0.451 e. The maximum absolute atomic E-state index is 13.2. The third-order valence-corrected chi connectivity index (χ3v) is 4.21. The third kappa shape index (κ3) is 3.10. The monoisotopic (exact) mass is 329 g/mol. The van der Waals surface area contributed by atoms with Crippen molar-refractivity contribution in [2.75, 3.05) is 11.6 Å². The zero-order chi connectivity index (χ0) is 16.4. The second-order valence-corrected chi connectivity index (χ2v) is 6.12. The molecule has 0 saturated heterocycles. The lowest BCUT2D eigenvalue weighted by atomic mass is 10.1. The van der Waals surface area contributed by atoms with Crippen molar-refractivity contribution in [2.24, 2.45) is 0 Å².